The lowest BCUT2D eigenvalue weighted by Gasteiger charge is -2.13. The van der Waals surface area contributed by atoms with Gasteiger partial charge in [-0.15, -0.1) is 0 Å². The van der Waals surface area contributed by atoms with E-state index in [4.69, 9.17) is 16.3 Å². The van der Waals surface area contributed by atoms with Crippen LogP contribution >= 0.6 is 11.6 Å². The van der Waals surface area contributed by atoms with Gasteiger partial charge in [0.15, 0.2) is 6.61 Å². The zero-order valence-electron chi connectivity index (χ0n) is 15.9. The molecular weight excluding hydrogens is 392 g/mol. The highest BCUT2D eigenvalue weighted by Gasteiger charge is 2.19. The summed E-state index contributed by atoms with van der Waals surface area (Å²) < 4.78 is 5.52. The Balaban J connectivity index is 1.71. The van der Waals surface area contributed by atoms with E-state index in [0.717, 1.165) is 16.7 Å². The molecule has 0 heterocycles. The van der Waals surface area contributed by atoms with Crippen molar-refractivity contribution in [3.05, 3.63) is 86.9 Å². The first-order valence-corrected chi connectivity index (χ1v) is 9.27. The minimum absolute atomic E-state index is 0.160. The maximum Gasteiger partial charge on any atom is 0.293 e. The quantitative estimate of drug-likeness (QED) is 0.426. The first-order valence-electron chi connectivity index (χ1n) is 8.89. The van der Waals surface area contributed by atoms with Crippen molar-refractivity contribution >= 4 is 28.9 Å². The molecule has 1 amide bonds. The molecule has 148 valence electrons. The predicted molar refractivity (Wildman–Crippen MR) is 114 cm³/mol. The second kappa shape index (κ2) is 8.75. The van der Waals surface area contributed by atoms with Gasteiger partial charge in [0.1, 0.15) is 11.4 Å². The van der Waals surface area contributed by atoms with Gasteiger partial charge in [-0.05, 0) is 48.2 Å². The number of carbonyl (C=O) groups excluding carboxylic acids is 1. The number of ether oxygens (including phenoxy) is 1. The van der Waals surface area contributed by atoms with Crippen LogP contribution in [0.3, 0.4) is 0 Å². The van der Waals surface area contributed by atoms with E-state index in [0.29, 0.717) is 16.3 Å². The lowest BCUT2D eigenvalue weighted by molar-refractivity contribution is -0.384. The molecular formula is C22H19ClN2O4. The van der Waals surface area contributed by atoms with Crippen LogP contribution in [0.4, 0.5) is 11.4 Å². The van der Waals surface area contributed by atoms with Gasteiger partial charge in [0.2, 0.25) is 0 Å². The van der Waals surface area contributed by atoms with E-state index in [1.165, 1.54) is 6.07 Å². The summed E-state index contributed by atoms with van der Waals surface area (Å²) in [6, 6.07) is 18.1. The van der Waals surface area contributed by atoms with Gasteiger partial charge in [-0.2, -0.15) is 0 Å². The van der Waals surface area contributed by atoms with Crippen molar-refractivity contribution in [1.82, 2.24) is 0 Å². The highest BCUT2D eigenvalue weighted by atomic mass is 35.5. The molecule has 0 bridgehead atoms. The third-order valence-electron chi connectivity index (χ3n) is 4.57. The molecule has 0 radical (unpaired) electrons. The normalized spacial score (nSPS) is 10.4. The SMILES string of the molecule is Cc1ccc([N+](=O)[O-])c(NC(=O)COc2ccc(-c3ccccc3)cc2Cl)c1C. The van der Waals surface area contributed by atoms with Crippen molar-refractivity contribution in [3.63, 3.8) is 0 Å². The predicted octanol–water partition coefficient (Wildman–Crippen LogP) is 5.55. The fourth-order valence-corrected chi connectivity index (χ4v) is 3.09. The number of benzene rings is 3. The Morgan fingerprint density at radius 2 is 1.79 bits per heavy atom. The van der Waals surface area contributed by atoms with Crippen LogP contribution in [0.1, 0.15) is 11.1 Å². The van der Waals surface area contributed by atoms with Gasteiger partial charge in [-0.25, -0.2) is 0 Å². The summed E-state index contributed by atoms with van der Waals surface area (Å²) >= 11 is 6.29. The largest absolute Gasteiger partial charge is 0.482 e. The van der Waals surface area contributed by atoms with Crippen LogP contribution in [0.15, 0.2) is 60.7 Å². The van der Waals surface area contributed by atoms with E-state index < -0.39 is 10.8 Å². The molecule has 3 aromatic rings. The number of nitrogens with one attached hydrogen (secondary N) is 1. The molecule has 0 fully saturated rings. The maximum absolute atomic E-state index is 12.3. The number of aryl methyl sites for hydroxylation is 1. The molecule has 0 aliphatic heterocycles. The van der Waals surface area contributed by atoms with Crippen LogP contribution in [0.25, 0.3) is 11.1 Å². The Bertz CT molecular complexity index is 1070. The molecule has 0 unspecified atom stereocenters. The van der Waals surface area contributed by atoms with E-state index in [2.05, 4.69) is 5.32 Å². The standard InChI is InChI=1S/C22H19ClN2O4/c1-14-8-10-19(25(27)28)22(15(14)2)24-21(26)13-29-20-11-9-17(12-18(20)23)16-6-4-3-5-7-16/h3-12H,13H2,1-2H3,(H,24,26). The number of amides is 1. The molecule has 0 atom stereocenters. The van der Waals surface area contributed by atoms with Gasteiger partial charge >= 0.3 is 0 Å². The molecule has 0 aliphatic rings. The van der Waals surface area contributed by atoms with Crippen molar-refractivity contribution in [2.75, 3.05) is 11.9 Å². The van der Waals surface area contributed by atoms with Crippen LogP contribution in [0.5, 0.6) is 5.75 Å². The lowest BCUT2D eigenvalue weighted by Crippen LogP contribution is -2.21. The number of anilines is 1. The molecule has 0 saturated carbocycles. The number of hydrogen-bond donors (Lipinski definition) is 1. The third-order valence-corrected chi connectivity index (χ3v) is 4.87. The van der Waals surface area contributed by atoms with E-state index >= 15 is 0 Å². The molecule has 0 aliphatic carbocycles. The fourth-order valence-electron chi connectivity index (χ4n) is 2.86. The Hall–Kier alpha value is -3.38. The molecule has 3 aromatic carbocycles. The van der Waals surface area contributed by atoms with Gasteiger partial charge < -0.3 is 10.1 Å². The third kappa shape index (κ3) is 4.73. The number of halogens is 1. The first-order chi connectivity index (χ1) is 13.9. The molecule has 0 saturated heterocycles. The zero-order valence-corrected chi connectivity index (χ0v) is 16.7. The topological polar surface area (TPSA) is 81.5 Å². The van der Waals surface area contributed by atoms with Gasteiger partial charge in [0.25, 0.3) is 11.6 Å². The van der Waals surface area contributed by atoms with Gasteiger partial charge in [-0.1, -0.05) is 54.1 Å². The summed E-state index contributed by atoms with van der Waals surface area (Å²) in [5, 5.41) is 14.2. The molecule has 0 spiro atoms. The van der Waals surface area contributed by atoms with Crippen LogP contribution < -0.4 is 10.1 Å². The number of carbonyl (C=O) groups is 1. The van der Waals surface area contributed by atoms with E-state index in [9.17, 15) is 14.9 Å². The van der Waals surface area contributed by atoms with Crippen LogP contribution in [-0.4, -0.2) is 17.4 Å². The van der Waals surface area contributed by atoms with E-state index in [-0.39, 0.29) is 18.0 Å². The lowest BCUT2D eigenvalue weighted by atomic mass is 10.1. The zero-order chi connectivity index (χ0) is 21.0. The molecule has 7 heteroatoms. The Morgan fingerprint density at radius 3 is 2.45 bits per heavy atom. The summed E-state index contributed by atoms with van der Waals surface area (Å²) in [7, 11) is 0. The second-order valence-corrected chi connectivity index (χ2v) is 6.91. The van der Waals surface area contributed by atoms with Gasteiger partial charge in [-0.3, -0.25) is 14.9 Å². The summed E-state index contributed by atoms with van der Waals surface area (Å²) in [4.78, 5) is 23.0. The maximum atomic E-state index is 12.3. The number of nitrogens with zero attached hydrogens (tertiary/aromatic N) is 1. The smallest absolute Gasteiger partial charge is 0.293 e. The number of hydrogen-bond acceptors (Lipinski definition) is 4. The minimum atomic E-state index is -0.526. The molecule has 3 rings (SSSR count). The highest BCUT2D eigenvalue weighted by molar-refractivity contribution is 6.32. The monoisotopic (exact) mass is 410 g/mol. The summed E-state index contributed by atoms with van der Waals surface area (Å²) in [5.74, 6) is -0.151. The Kier molecular flexibility index (Phi) is 6.14. The number of nitro benzene ring substituents is 1. The van der Waals surface area contributed by atoms with Crippen LogP contribution in [0, 0.1) is 24.0 Å². The fraction of sp³-hybridized carbons (Fsp3) is 0.136. The average Bonchev–Trinajstić information content (AvgIpc) is 2.71. The van der Waals surface area contributed by atoms with Gasteiger partial charge in [0.05, 0.1) is 9.95 Å². The van der Waals surface area contributed by atoms with Crippen molar-refractivity contribution < 1.29 is 14.5 Å². The van der Waals surface area contributed by atoms with Crippen molar-refractivity contribution in [2.45, 2.75) is 13.8 Å². The van der Waals surface area contributed by atoms with E-state index in [1.54, 1.807) is 25.1 Å². The molecule has 1 N–H and O–H groups in total. The highest BCUT2D eigenvalue weighted by Crippen LogP contribution is 2.32. The minimum Gasteiger partial charge on any atom is -0.482 e. The molecule has 6 nitrogen and oxygen atoms in total. The van der Waals surface area contributed by atoms with E-state index in [1.807, 2.05) is 43.3 Å². The Labute approximate surface area is 173 Å². The van der Waals surface area contributed by atoms with Crippen LogP contribution in [0.2, 0.25) is 5.02 Å². The first kappa shape index (κ1) is 20.4. The van der Waals surface area contributed by atoms with Crippen molar-refractivity contribution in [3.8, 4) is 16.9 Å². The average molecular weight is 411 g/mol. The molecule has 29 heavy (non-hydrogen) atoms. The molecule has 0 aromatic heterocycles. The number of rotatable bonds is 6. The Morgan fingerprint density at radius 1 is 1.07 bits per heavy atom. The van der Waals surface area contributed by atoms with Crippen LogP contribution in [-0.2, 0) is 4.79 Å². The summed E-state index contributed by atoms with van der Waals surface area (Å²) in [6.07, 6.45) is 0. The van der Waals surface area contributed by atoms with Crippen molar-refractivity contribution in [1.29, 1.82) is 0 Å². The van der Waals surface area contributed by atoms with Gasteiger partial charge in [0, 0.05) is 6.07 Å². The van der Waals surface area contributed by atoms with Crippen molar-refractivity contribution in [2.24, 2.45) is 0 Å². The number of nitro groups is 1. The summed E-state index contributed by atoms with van der Waals surface area (Å²) in [6.45, 7) is 3.21. The second-order valence-electron chi connectivity index (χ2n) is 6.51. The summed E-state index contributed by atoms with van der Waals surface area (Å²) in [5.41, 5.74) is 3.43.